The molecule has 0 saturated carbocycles. The molecule has 1 aromatic rings. The second-order valence-electron chi connectivity index (χ2n) is 5.82. The molecular weight excluding hydrogens is 332 g/mol. The number of anilines is 1. The van der Waals surface area contributed by atoms with E-state index in [9.17, 15) is 18.0 Å². The number of carbonyl (C=O) groups is 2. The Morgan fingerprint density at radius 1 is 0.958 bits per heavy atom. The van der Waals surface area contributed by atoms with Crippen LogP contribution in [0.25, 0.3) is 0 Å². The molecule has 0 spiro atoms. The molecule has 134 valence electrons. The molecule has 0 radical (unpaired) electrons. The Labute approximate surface area is 143 Å². The lowest BCUT2D eigenvalue weighted by atomic mass is 10.3. The van der Waals surface area contributed by atoms with Gasteiger partial charge in [-0.3, -0.25) is 14.5 Å². The molecular formula is C15H24N4O4S. The number of sulfonamides is 1. The number of hydrogen-bond donors (Lipinski definition) is 1. The molecule has 1 rings (SSSR count). The Morgan fingerprint density at radius 2 is 1.50 bits per heavy atom. The van der Waals surface area contributed by atoms with Crippen LogP contribution in [0.1, 0.15) is 0 Å². The van der Waals surface area contributed by atoms with Gasteiger partial charge in [-0.25, -0.2) is 12.7 Å². The Kier molecular flexibility index (Phi) is 6.88. The first-order valence-corrected chi connectivity index (χ1v) is 8.69. The number of rotatable bonds is 7. The van der Waals surface area contributed by atoms with Gasteiger partial charge in [0.15, 0.2) is 0 Å². The van der Waals surface area contributed by atoms with E-state index >= 15 is 0 Å². The average molecular weight is 356 g/mol. The lowest BCUT2D eigenvalue weighted by Crippen LogP contribution is -2.38. The van der Waals surface area contributed by atoms with E-state index in [0.717, 1.165) is 4.31 Å². The highest BCUT2D eigenvalue weighted by atomic mass is 32.2. The fraction of sp³-hybridized carbons (Fsp3) is 0.467. The van der Waals surface area contributed by atoms with Crippen molar-refractivity contribution in [2.24, 2.45) is 0 Å². The molecule has 0 saturated heterocycles. The van der Waals surface area contributed by atoms with Crippen molar-refractivity contribution >= 4 is 27.5 Å². The lowest BCUT2D eigenvalue weighted by Gasteiger charge is -2.18. The van der Waals surface area contributed by atoms with Gasteiger partial charge in [0.1, 0.15) is 0 Å². The van der Waals surface area contributed by atoms with Gasteiger partial charge in [-0.05, 0) is 31.3 Å². The summed E-state index contributed by atoms with van der Waals surface area (Å²) in [5.41, 5.74) is 0.491. The fourth-order valence-corrected chi connectivity index (χ4v) is 2.70. The lowest BCUT2D eigenvalue weighted by molar-refractivity contribution is -0.130. The number of amides is 2. The maximum atomic E-state index is 12.0. The summed E-state index contributed by atoms with van der Waals surface area (Å²) in [6.45, 7) is 0.192. The van der Waals surface area contributed by atoms with E-state index in [0.29, 0.717) is 5.69 Å². The van der Waals surface area contributed by atoms with Crippen molar-refractivity contribution in [3.8, 4) is 0 Å². The topological polar surface area (TPSA) is 90.0 Å². The highest BCUT2D eigenvalue weighted by molar-refractivity contribution is 7.89. The van der Waals surface area contributed by atoms with Crippen molar-refractivity contribution in [1.82, 2.24) is 14.1 Å². The molecule has 2 amide bonds. The maximum absolute atomic E-state index is 12.0. The number of hydrogen-bond acceptors (Lipinski definition) is 5. The molecule has 0 fully saturated rings. The summed E-state index contributed by atoms with van der Waals surface area (Å²) in [4.78, 5) is 26.7. The van der Waals surface area contributed by atoms with Crippen LogP contribution in [0.2, 0.25) is 0 Å². The molecule has 0 aromatic heterocycles. The number of benzene rings is 1. The van der Waals surface area contributed by atoms with E-state index in [1.165, 1.54) is 43.3 Å². The van der Waals surface area contributed by atoms with Gasteiger partial charge in [0.25, 0.3) is 0 Å². The molecule has 24 heavy (non-hydrogen) atoms. The molecule has 0 unspecified atom stereocenters. The summed E-state index contributed by atoms with van der Waals surface area (Å²) in [7, 11) is 4.40. The van der Waals surface area contributed by atoms with Gasteiger partial charge < -0.3 is 10.2 Å². The van der Waals surface area contributed by atoms with Gasteiger partial charge >= 0.3 is 0 Å². The fourth-order valence-electron chi connectivity index (χ4n) is 1.79. The molecule has 1 aromatic carbocycles. The largest absolute Gasteiger partial charge is 0.348 e. The zero-order chi connectivity index (χ0) is 18.5. The van der Waals surface area contributed by atoms with Crippen LogP contribution in [0.5, 0.6) is 0 Å². The third kappa shape index (κ3) is 5.59. The third-order valence-corrected chi connectivity index (χ3v) is 5.06. The van der Waals surface area contributed by atoms with Gasteiger partial charge in [-0.1, -0.05) is 0 Å². The summed E-state index contributed by atoms with van der Waals surface area (Å²) in [5, 5.41) is 2.67. The first-order valence-electron chi connectivity index (χ1n) is 7.25. The molecule has 0 heterocycles. The van der Waals surface area contributed by atoms with E-state index in [1.807, 2.05) is 0 Å². The van der Waals surface area contributed by atoms with Crippen LogP contribution < -0.4 is 5.32 Å². The second kappa shape index (κ2) is 8.22. The third-order valence-electron chi connectivity index (χ3n) is 3.23. The molecule has 0 bridgehead atoms. The van der Waals surface area contributed by atoms with Gasteiger partial charge in [-0.15, -0.1) is 0 Å². The number of nitrogens with one attached hydrogen (secondary N) is 1. The molecule has 0 aliphatic rings. The van der Waals surface area contributed by atoms with Crippen LogP contribution in [0.4, 0.5) is 5.69 Å². The predicted octanol–water partition coefficient (Wildman–Crippen LogP) is -0.105. The minimum Gasteiger partial charge on any atom is -0.348 e. The summed E-state index contributed by atoms with van der Waals surface area (Å²) >= 11 is 0. The van der Waals surface area contributed by atoms with Crippen molar-refractivity contribution in [2.75, 3.05) is 53.6 Å². The van der Waals surface area contributed by atoms with E-state index in [1.54, 1.807) is 26.0 Å². The summed E-state index contributed by atoms with van der Waals surface area (Å²) in [5.74, 6) is -0.379. The first-order chi connectivity index (χ1) is 11.0. The van der Waals surface area contributed by atoms with Crippen LogP contribution >= 0.6 is 0 Å². The zero-order valence-electron chi connectivity index (χ0n) is 14.6. The van der Waals surface area contributed by atoms with E-state index in [-0.39, 0.29) is 29.8 Å². The molecule has 8 nitrogen and oxygen atoms in total. The Bertz CT molecular complexity index is 684. The van der Waals surface area contributed by atoms with E-state index < -0.39 is 10.0 Å². The van der Waals surface area contributed by atoms with Crippen molar-refractivity contribution < 1.29 is 18.0 Å². The van der Waals surface area contributed by atoms with Crippen LogP contribution in [0.15, 0.2) is 29.2 Å². The average Bonchev–Trinajstić information content (AvgIpc) is 2.46. The van der Waals surface area contributed by atoms with Crippen molar-refractivity contribution in [1.29, 1.82) is 0 Å². The van der Waals surface area contributed by atoms with Gasteiger partial charge in [0, 0.05) is 33.9 Å². The summed E-state index contributed by atoms with van der Waals surface area (Å²) < 4.78 is 25.1. The molecule has 1 N–H and O–H groups in total. The summed E-state index contributed by atoms with van der Waals surface area (Å²) in [6, 6.07) is 5.92. The van der Waals surface area contributed by atoms with Crippen molar-refractivity contribution in [2.45, 2.75) is 4.90 Å². The SMILES string of the molecule is CN(CC(=O)Nc1ccc(S(=O)(=O)N(C)C)cc1)CC(=O)N(C)C. The normalized spacial score (nSPS) is 11.6. The molecule has 0 atom stereocenters. The maximum Gasteiger partial charge on any atom is 0.242 e. The monoisotopic (exact) mass is 356 g/mol. The molecule has 9 heteroatoms. The van der Waals surface area contributed by atoms with E-state index in [2.05, 4.69) is 5.32 Å². The van der Waals surface area contributed by atoms with E-state index in [4.69, 9.17) is 0 Å². The van der Waals surface area contributed by atoms with Gasteiger partial charge in [-0.2, -0.15) is 0 Å². The number of carbonyl (C=O) groups excluding carboxylic acids is 2. The van der Waals surface area contributed by atoms with Crippen LogP contribution in [-0.2, 0) is 19.6 Å². The van der Waals surface area contributed by atoms with Crippen LogP contribution in [0.3, 0.4) is 0 Å². The smallest absolute Gasteiger partial charge is 0.242 e. The van der Waals surface area contributed by atoms with Crippen molar-refractivity contribution in [3.63, 3.8) is 0 Å². The summed E-state index contributed by atoms with van der Waals surface area (Å²) in [6.07, 6.45) is 0. The minimum atomic E-state index is -3.49. The molecule has 0 aliphatic heterocycles. The Hall–Kier alpha value is -1.97. The quantitative estimate of drug-likeness (QED) is 0.737. The van der Waals surface area contributed by atoms with Gasteiger partial charge in [0.2, 0.25) is 21.8 Å². The van der Waals surface area contributed by atoms with Crippen LogP contribution in [0, 0.1) is 0 Å². The second-order valence-corrected chi connectivity index (χ2v) is 7.97. The Morgan fingerprint density at radius 3 is 1.96 bits per heavy atom. The first kappa shape index (κ1) is 20.1. The van der Waals surface area contributed by atoms with Crippen molar-refractivity contribution in [3.05, 3.63) is 24.3 Å². The highest BCUT2D eigenvalue weighted by Gasteiger charge is 2.17. The highest BCUT2D eigenvalue weighted by Crippen LogP contribution is 2.16. The predicted molar refractivity (Wildman–Crippen MR) is 92.1 cm³/mol. The minimum absolute atomic E-state index is 0.0529. The number of nitrogens with zero attached hydrogens (tertiary/aromatic N) is 3. The standard InChI is InChI=1S/C15H24N4O4S/c1-17(2)15(21)11-19(5)10-14(20)16-12-6-8-13(9-7-12)24(22,23)18(3)4/h6-9H,10-11H2,1-5H3,(H,16,20). The zero-order valence-corrected chi connectivity index (χ0v) is 15.4. The van der Waals surface area contributed by atoms with Gasteiger partial charge in [0.05, 0.1) is 18.0 Å². The number of likely N-dealkylation sites (N-methyl/N-ethyl adjacent to an activating group) is 2. The Balaban J connectivity index is 2.64. The van der Waals surface area contributed by atoms with Crippen LogP contribution in [-0.4, -0.2) is 82.7 Å². The molecule has 0 aliphatic carbocycles.